The molecule has 2 aliphatic rings. The number of carbonyl (C=O) groups is 3. The Bertz CT molecular complexity index is 880. The van der Waals surface area contributed by atoms with Crippen molar-refractivity contribution in [3.8, 4) is 0 Å². The molecule has 0 aromatic rings. The molecule has 1 amide bonds. The number of unbranched alkanes of at least 4 members (excludes halogenated alkanes) is 3. The molecule has 2 heterocycles. The summed E-state index contributed by atoms with van der Waals surface area (Å²) in [6, 6.07) is 0. The summed E-state index contributed by atoms with van der Waals surface area (Å²) in [6.07, 6.45) is 15.7. The molecule has 1 saturated heterocycles. The normalized spacial score (nSPS) is 29.5. The van der Waals surface area contributed by atoms with Crippen LogP contribution in [0.2, 0.25) is 0 Å². The summed E-state index contributed by atoms with van der Waals surface area (Å²) in [7, 11) is 0. The van der Waals surface area contributed by atoms with Gasteiger partial charge >= 0.3 is 5.97 Å². The van der Waals surface area contributed by atoms with Gasteiger partial charge in [0, 0.05) is 25.5 Å². The van der Waals surface area contributed by atoms with E-state index in [4.69, 9.17) is 9.47 Å². The van der Waals surface area contributed by atoms with Gasteiger partial charge in [-0.25, -0.2) is 4.79 Å². The molecule has 2 rings (SSSR count). The van der Waals surface area contributed by atoms with Crippen molar-refractivity contribution in [1.82, 2.24) is 5.32 Å². The fourth-order valence-electron chi connectivity index (χ4n) is 4.23. The van der Waals surface area contributed by atoms with Crippen molar-refractivity contribution < 1.29 is 23.9 Å². The number of nitrogens with one attached hydrogen (secondary N) is 1. The van der Waals surface area contributed by atoms with E-state index in [1.807, 2.05) is 26.0 Å². The minimum absolute atomic E-state index is 0.00607. The van der Waals surface area contributed by atoms with Crippen molar-refractivity contribution in [3.63, 3.8) is 0 Å². The van der Waals surface area contributed by atoms with E-state index in [9.17, 15) is 14.4 Å². The van der Waals surface area contributed by atoms with Gasteiger partial charge in [-0.05, 0) is 45.6 Å². The molecule has 1 fully saturated rings. The van der Waals surface area contributed by atoms with Crippen LogP contribution in [0.5, 0.6) is 0 Å². The Morgan fingerprint density at radius 3 is 2.66 bits per heavy atom. The lowest BCUT2D eigenvalue weighted by Crippen LogP contribution is -2.38. The molecule has 0 aliphatic carbocycles. The molecule has 6 nitrogen and oxygen atoms in total. The first kappa shape index (κ1) is 28.5. The standard InChI is InChI=1S/C29H41NO5/c1-5-6-7-8-15-30-29(33)27-20-23(4)19-26-18-22(3)17-25(34-26)13-10-12-24(31)16-21(2)11-9-14-28(32)35-27/h9-12,14,19,25-27H,3,5-8,13,15-18,20H2,1-2,4H3,(H,30,33)/b12-10+,14-9+,21-11-,23-19+/t25-,26-,27-/m0/s1. The topological polar surface area (TPSA) is 81.7 Å². The molecule has 0 radical (unpaired) electrons. The van der Waals surface area contributed by atoms with E-state index in [0.29, 0.717) is 25.8 Å². The van der Waals surface area contributed by atoms with Crippen LogP contribution in [0.1, 0.15) is 78.6 Å². The Kier molecular flexibility index (Phi) is 12.5. The number of hydrogen-bond acceptors (Lipinski definition) is 5. The first-order chi connectivity index (χ1) is 16.8. The lowest BCUT2D eigenvalue weighted by molar-refractivity contribution is -0.151. The maximum absolute atomic E-state index is 12.9. The van der Waals surface area contributed by atoms with Gasteiger partial charge in [0.2, 0.25) is 0 Å². The molecule has 3 atom stereocenters. The number of cyclic esters (lactones) is 1. The van der Waals surface area contributed by atoms with Crippen molar-refractivity contribution in [2.24, 2.45) is 0 Å². The molecular weight excluding hydrogens is 442 g/mol. The van der Waals surface area contributed by atoms with Crippen molar-refractivity contribution in [1.29, 1.82) is 0 Å². The maximum atomic E-state index is 12.9. The van der Waals surface area contributed by atoms with E-state index in [2.05, 4.69) is 18.8 Å². The van der Waals surface area contributed by atoms with Crippen LogP contribution in [0.3, 0.4) is 0 Å². The lowest BCUT2D eigenvalue weighted by Gasteiger charge is -2.30. The van der Waals surface area contributed by atoms with Gasteiger partial charge in [-0.2, -0.15) is 0 Å². The smallest absolute Gasteiger partial charge is 0.331 e. The summed E-state index contributed by atoms with van der Waals surface area (Å²) in [5, 5.41) is 2.91. The summed E-state index contributed by atoms with van der Waals surface area (Å²) >= 11 is 0. The molecule has 0 aromatic carbocycles. The molecule has 0 spiro atoms. The highest BCUT2D eigenvalue weighted by Crippen LogP contribution is 2.27. The Balaban J connectivity index is 2.20. The van der Waals surface area contributed by atoms with Gasteiger partial charge in [-0.15, -0.1) is 0 Å². The van der Waals surface area contributed by atoms with Gasteiger partial charge in [-0.1, -0.05) is 73.8 Å². The monoisotopic (exact) mass is 483 g/mol. The summed E-state index contributed by atoms with van der Waals surface area (Å²) < 4.78 is 11.8. The second kappa shape index (κ2) is 15.3. The first-order valence-corrected chi connectivity index (χ1v) is 12.8. The van der Waals surface area contributed by atoms with Crippen molar-refractivity contribution in [2.75, 3.05) is 6.54 Å². The zero-order valence-electron chi connectivity index (χ0n) is 21.5. The van der Waals surface area contributed by atoms with Crippen LogP contribution < -0.4 is 5.32 Å². The molecule has 192 valence electrons. The van der Waals surface area contributed by atoms with Crippen LogP contribution in [0.25, 0.3) is 0 Å². The number of amides is 1. The van der Waals surface area contributed by atoms with Crippen LogP contribution in [0.4, 0.5) is 0 Å². The molecule has 0 unspecified atom stereocenters. The number of carbonyl (C=O) groups excluding carboxylic acids is 3. The maximum Gasteiger partial charge on any atom is 0.331 e. The number of ketones is 1. The number of ether oxygens (including phenoxy) is 2. The first-order valence-electron chi connectivity index (χ1n) is 12.8. The van der Waals surface area contributed by atoms with E-state index in [-0.39, 0.29) is 30.3 Å². The number of fused-ring (bicyclic) bond motifs is 2. The minimum Gasteiger partial charge on any atom is -0.449 e. The fourth-order valence-corrected chi connectivity index (χ4v) is 4.23. The summed E-state index contributed by atoms with van der Waals surface area (Å²) in [5.74, 6) is -0.893. The number of rotatable bonds is 6. The highest BCUT2D eigenvalue weighted by Gasteiger charge is 2.25. The summed E-state index contributed by atoms with van der Waals surface area (Å²) in [4.78, 5) is 37.5. The summed E-state index contributed by atoms with van der Waals surface area (Å²) in [5.41, 5.74) is 2.84. The largest absolute Gasteiger partial charge is 0.449 e. The third-order valence-corrected chi connectivity index (χ3v) is 6.00. The Labute approximate surface area is 210 Å². The molecule has 2 aliphatic heterocycles. The molecule has 1 N–H and O–H groups in total. The Morgan fingerprint density at radius 2 is 1.89 bits per heavy atom. The van der Waals surface area contributed by atoms with Gasteiger partial charge in [0.1, 0.15) is 0 Å². The average Bonchev–Trinajstić information content (AvgIpc) is 2.77. The second-order valence-electron chi connectivity index (χ2n) is 9.60. The molecular formula is C29H41NO5. The van der Waals surface area contributed by atoms with Gasteiger partial charge in [-0.3, -0.25) is 9.59 Å². The average molecular weight is 484 g/mol. The van der Waals surface area contributed by atoms with Gasteiger partial charge in [0.15, 0.2) is 11.9 Å². The molecule has 0 aromatic heterocycles. The van der Waals surface area contributed by atoms with Crippen molar-refractivity contribution >= 4 is 17.7 Å². The van der Waals surface area contributed by atoms with E-state index in [0.717, 1.165) is 48.8 Å². The fraction of sp³-hybridized carbons (Fsp3) is 0.552. The minimum atomic E-state index is -0.925. The number of esters is 1. The van der Waals surface area contributed by atoms with Crippen LogP contribution in [0, 0.1) is 0 Å². The van der Waals surface area contributed by atoms with Crippen LogP contribution >= 0.6 is 0 Å². The molecule has 6 heteroatoms. The Morgan fingerprint density at radius 1 is 1.09 bits per heavy atom. The SMILES string of the molecule is C=C1C[C@@H]2C/C=C/C(=O)C/C(C)=C\C=C\C(=O)O[C@H](C(=O)NCCCCCC)C/C(C)=C/[C@H](C1)O2. The van der Waals surface area contributed by atoms with E-state index < -0.39 is 12.1 Å². The van der Waals surface area contributed by atoms with E-state index in [1.54, 1.807) is 18.2 Å². The Hall–Kier alpha value is -2.73. The highest BCUT2D eigenvalue weighted by molar-refractivity contribution is 5.91. The number of hydrogen-bond donors (Lipinski definition) is 1. The van der Waals surface area contributed by atoms with Crippen LogP contribution in [-0.4, -0.2) is 42.5 Å². The molecule has 2 bridgehead atoms. The van der Waals surface area contributed by atoms with Gasteiger partial charge < -0.3 is 14.8 Å². The highest BCUT2D eigenvalue weighted by atomic mass is 16.5. The van der Waals surface area contributed by atoms with Crippen molar-refractivity contribution in [3.05, 3.63) is 59.8 Å². The van der Waals surface area contributed by atoms with Crippen LogP contribution in [0.15, 0.2) is 59.8 Å². The molecule has 35 heavy (non-hydrogen) atoms. The molecule has 0 saturated carbocycles. The zero-order chi connectivity index (χ0) is 25.6. The quantitative estimate of drug-likeness (QED) is 0.308. The predicted molar refractivity (Wildman–Crippen MR) is 139 cm³/mol. The number of allylic oxidation sites excluding steroid dienone is 4. The zero-order valence-corrected chi connectivity index (χ0v) is 21.5. The van der Waals surface area contributed by atoms with Gasteiger partial charge in [0.05, 0.1) is 12.2 Å². The van der Waals surface area contributed by atoms with Gasteiger partial charge in [0.25, 0.3) is 5.91 Å². The van der Waals surface area contributed by atoms with E-state index in [1.165, 1.54) is 6.08 Å². The predicted octanol–water partition coefficient (Wildman–Crippen LogP) is 5.46. The van der Waals surface area contributed by atoms with E-state index >= 15 is 0 Å². The van der Waals surface area contributed by atoms with Crippen LogP contribution in [-0.2, 0) is 23.9 Å². The lowest BCUT2D eigenvalue weighted by atomic mass is 9.95. The second-order valence-corrected chi connectivity index (χ2v) is 9.60. The van der Waals surface area contributed by atoms with Crippen molar-refractivity contribution in [2.45, 2.75) is 96.9 Å². The summed E-state index contributed by atoms with van der Waals surface area (Å²) in [6.45, 7) is 10.6. The third kappa shape index (κ3) is 11.5. The third-order valence-electron chi connectivity index (χ3n) is 6.00.